The number of carbonyl (C=O) groups excluding carboxylic acids is 3. The van der Waals surface area contributed by atoms with E-state index in [0.717, 1.165) is 51.3 Å². The van der Waals surface area contributed by atoms with Crippen molar-refractivity contribution in [3.63, 3.8) is 0 Å². The van der Waals surface area contributed by atoms with Crippen LogP contribution in [0.4, 0.5) is 5.69 Å². The Labute approximate surface area is 241 Å². The zero-order chi connectivity index (χ0) is 30.9. The highest BCUT2D eigenvalue weighted by atomic mass is 16.2. The Morgan fingerprint density at radius 3 is 2.27 bits per heavy atom. The Hall–Kier alpha value is -2.79. The van der Waals surface area contributed by atoms with E-state index < -0.39 is 11.6 Å². The topological polar surface area (TPSA) is 154 Å². The summed E-state index contributed by atoms with van der Waals surface area (Å²) in [5.41, 5.74) is 6.79. The van der Waals surface area contributed by atoms with Crippen LogP contribution in [0.15, 0.2) is 42.2 Å². The largest absolute Gasteiger partial charge is 0.401 e. The number of aldehydes is 1. The summed E-state index contributed by atoms with van der Waals surface area (Å²) in [5, 5.41) is 14.5. The third kappa shape index (κ3) is 13.0. The molecule has 10 heteroatoms. The van der Waals surface area contributed by atoms with E-state index in [4.69, 9.17) is 16.7 Å². The smallest absolute Gasteiger partial charge is 0.171 e. The molecule has 0 bridgehead atoms. The molecule has 1 fully saturated rings. The molecule has 1 heterocycles. The minimum Gasteiger partial charge on any atom is -0.401 e. The molecule has 0 radical (unpaired) electrons. The molecular formula is C30H54N6O4. The molecule has 1 aromatic rings. The average Bonchev–Trinajstić information content (AvgIpc) is 3.35. The lowest BCUT2D eigenvalue weighted by Crippen LogP contribution is -2.53. The van der Waals surface area contributed by atoms with Crippen molar-refractivity contribution in [2.24, 2.45) is 17.0 Å². The summed E-state index contributed by atoms with van der Waals surface area (Å²) in [7, 11) is 2.79. The molecule has 0 aromatic heterocycles. The number of hydrogen-bond donors (Lipinski definition) is 5. The van der Waals surface area contributed by atoms with Crippen molar-refractivity contribution in [1.82, 2.24) is 15.2 Å². The molecule has 1 aromatic carbocycles. The van der Waals surface area contributed by atoms with Crippen LogP contribution in [0, 0.1) is 5.41 Å². The summed E-state index contributed by atoms with van der Waals surface area (Å²) < 4.78 is 0. The predicted molar refractivity (Wildman–Crippen MR) is 163 cm³/mol. The zero-order valence-electron chi connectivity index (χ0n) is 25.9. The second kappa shape index (κ2) is 18.5. The molecule has 0 aliphatic carbocycles. The van der Waals surface area contributed by atoms with Crippen LogP contribution in [0.3, 0.4) is 0 Å². The van der Waals surface area contributed by atoms with Crippen molar-refractivity contribution in [3.05, 3.63) is 42.2 Å². The van der Waals surface area contributed by atoms with Crippen LogP contribution in [-0.4, -0.2) is 84.3 Å². The number of likely N-dealkylation sites (N-methyl/N-ethyl adjacent to an activating group) is 1. The lowest BCUT2D eigenvalue weighted by molar-refractivity contribution is -0.128. The number of carbonyl (C=O) groups is 3. The van der Waals surface area contributed by atoms with Gasteiger partial charge in [0.15, 0.2) is 11.6 Å². The van der Waals surface area contributed by atoms with Crippen molar-refractivity contribution >= 4 is 23.5 Å². The van der Waals surface area contributed by atoms with E-state index in [9.17, 15) is 14.4 Å². The number of rotatable bonds is 13. The minimum absolute atomic E-state index is 0.0225. The van der Waals surface area contributed by atoms with E-state index in [1.54, 1.807) is 13.2 Å². The molecule has 7 N–H and O–H groups in total. The first kappa shape index (κ1) is 37.2. The number of benzene rings is 1. The second-order valence-electron chi connectivity index (χ2n) is 11.5. The first-order chi connectivity index (χ1) is 18.8. The summed E-state index contributed by atoms with van der Waals surface area (Å²) in [6.07, 6.45) is 6.06. The lowest BCUT2D eigenvalue weighted by Gasteiger charge is -2.37. The average molecular weight is 563 g/mol. The number of ketones is 2. The van der Waals surface area contributed by atoms with Gasteiger partial charge in [-0.05, 0) is 64.3 Å². The van der Waals surface area contributed by atoms with Gasteiger partial charge in [-0.1, -0.05) is 52.3 Å². The van der Waals surface area contributed by atoms with E-state index in [1.165, 1.54) is 5.01 Å². The Balaban J connectivity index is 0.000000772. The molecular weight excluding hydrogens is 508 g/mol. The molecule has 2 unspecified atom stereocenters. The van der Waals surface area contributed by atoms with Gasteiger partial charge < -0.3 is 31.3 Å². The maximum Gasteiger partial charge on any atom is 0.171 e. The molecule has 2 rings (SSSR count). The molecule has 1 aliphatic heterocycles. The van der Waals surface area contributed by atoms with Gasteiger partial charge in [0.05, 0.1) is 24.7 Å². The zero-order valence-corrected chi connectivity index (χ0v) is 25.9. The Kier molecular flexibility index (Phi) is 17.2. The Morgan fingerprint density at radius 2 is 1.77 bits per heavy atom. The van der Waals surface area contributed by atoms with Crippen LogP contribution >= 0.6 is 0 Å². The standard InChI is InChI=1S/C17H32N4O2.C12H18N2O.CH4O/c1-5-7-13(18)10-21(19)16(17(2,3)4)15(23)11-20-9-6-8-14(20)12-22;1-12(2,13-3)11(15)9-14-10-7-5-4-6-8-10;1-2/h10,12,14,16H,5-9,11,18-19H2,1-4H3;4-8,13-14H,9H2,1-3H3;2H,1H3/b13-10-;;. The number of aliphatic hydroxyl groups is 1. The molecule has 10 nitrogen and oxygen atoms in total. The fourth-order valence-electron chi connectivity index (χ4n) is 4.30. The molecule has 228 valence electrons. The van der Waals surface area contributed by atoms with Gasteiger partial charge >= 0.3 is 0 Å². The summed E-state index contributed by atoms with van der Waals surface area (Å²) in [6, 6.07) is 9.09. The van der Waals surface area contributed by atoms with Crippen molar-refractivity contribution in [3.8, 4) is 0 Å². The Bertz CT molecular complexity index is 915. The SMILES string of the molecule is CCC/C(N)=C/N(N)C(C(=O)CN1CCCC1C=O)C(C)(C)C.CNC(C)(C)C(=O)CNc1ccccc1.CO. The maximum atomic E-state index is 12.8. The summed E-state index contributed by atoms with van der Waals surface area (Å²) in [6.45, 7) is 13.1. The summed E-state index contributed by atoms with van der Waals surface area (Å²) >= 11 is 0. The van der Waals surface area contributed by atoms with Crippen LogP contribution < -0.4 is 22.2 Å². The van der Waals surface area contributed by atoms with Crippen molar-refractivity contribution in [2.75, 3.05) is 39.1 Å². The van der Waals surface area contributed by atoms with Gasteiger partial charge in [0.1, 0.15) is 12.3 Å². The number of likely N-dealkylation sites (tertiary alicyclic amines) is 1. The van der Waals surface area contributed by atoms with E-state index in [1.807, 2.05) is 76.8 Å². The van der Waals surface area contributed by atoms with Gasteiger partial charge in [-0.25, -0.2) is 5.84 Å². The number of allylic oxidation sites excluding steroid dienone is 1. The monoisotopic (exact) mass is 562 g/mol. The number of para-hydroxylation sites is 1. The molecule has 1 saturated heterocycles. The number of aliphatic hydroxyl groups excluding tert-OH is 1. The number of hydrogen-bond acceptors (Lipinski definition) is 10. The van der Waals surface area contributed by atoms with Gasteiger partial charge in [0.25, 0.3) is 0 Å². The third-order valence-electron chi connectivity index (χ3n) is 6.76. The number of nitrogens with zero attached hydrogens (tertiary/aromatic N) is 2. The van der Waals surface area contributed by atoms with Crippen LogP contribution in [0.5, 0.6) is 0 Å². The summed E-state index contributed by atoms with van der Waals surface area (Å²) in [5.74, 6) is 6.32. The van der Waals surface area contributed by atoms with Crippen LogP contribution in [0.25, 0.3) is 0 Å². The fourth-order valence-corrected chi connectivity index (χ4v) is 4.30. The quantitative estimate of drug-likeness (QED) is 0.138. The van der Waals surface area contributed by atoms with Gasteiger partial charge in [-0.2, -0.15) is 0 Å². The third-order valence-corrected chi connectivity index (χ3v) is 6.76. The van der Waals surface area contributed by atoms with Crippen LogP contribution in [0.2, 0.25) is 0 Å². The number of nitrogens with two attached hydrogens (primary N) is 2. The molecule has 1 aliphatic rings. The number of hydrazine groups is 1. The molecule has 0 spiro atoms. The highest BCUT2D eigenvalue weighted by molar-refractivity contribution is 5.91. The van der Waals surface area contributed by atoms with Gasteiger partial charge in [0, 0.05) is 24.7 Å². The minimum atomic E-state index is -0.481. The molecule has 0 amide bonds. The van der Waals surface area contributed by atoms with Crippen molar-refractivity contribution < 1.29 is 19.5 Å². The first-order valence-electron chi connectivity index (χ1n) is 13.9. The van der Waals surface area contributed by atoms with Crippen molar-refractivity contribution in [2.45, 2.75) is 84.8 Å². The van der Waals surface area contributed by atoms with Gasteiger partial charge in [0.2, 0.25) is 0 Å². The van der Waals surface area contributed by atoms with E-state index in [2.05, 4.69) is 10.6 Å². The maximum absolute atomic E-state index is 12.8. The lowest BCUT2D eigenvalue weighted by atomic mass is 9.83. The molecule has 0 saturated carbocycles. The highest BCUT2D eigenvalue weighted by Crippen LogP contribution is 2.26. The van der Waals surface area contributed by atoms with Crippen LogP contribution in [0.1, 0.15) is 67.2 Å². The molecule has 2 atom stereocenters. The first-order valence-corrected chi connectivity index (χ1v) is 13.9. The van der Waals surface area contributed by atoms with E-state index >= 15 is 0 Å². The fraction of sp³-hybridized carbons (Fsp3) is 0.633. The van der Waals surface area contributed by atoms with Gasteiger partial charge in [-0.15, -0.1) is 0 Å². The summed E-state index contributed by atoms with van der Waals surface area (Å²) in [4.78, 5) is 37.6. The molecule has 40 heavy (non-hydrogen) atoms. The van der Waals surface area contributed by atoms with Crippen LogP contribution in [-0.2, 0) is 14.4 Å². The van der Waals surface area contributed by atoms with E-state index in [0.29, 0.717) is 12.2 Å². The van der Waals surface area contributed by atoms with E-state index in [-0.39, 0.29) is 29.6 Å². The number of anilines is 1. The van der Waals surface area contributed by atoms with Gasteiger partial charge in [-0.3, -0.25) is 14.5 Å². The highest BCUT2D eigenvalue weighted by Gasteiger charge is 2.37. The number of nitrogens with one attached hydrogen (secondary N) is 2. The normalized spacial score (nSPS) is 16.6. The second-order valence-corrected chi connectivity index (χ2v) is 11.5. The predicted octanol–water partition coefficient (Wildman–Crippen LogP) is 2.68. The Morgan fingerprint density at radius 1 is 1.18 bits per heavy atom. The van der Waals surface area contributed by atoms with Crippen molar-refractivity contribution in [1.29, 1.82) is 0 Å². The number of Topliss-reactive ketones (excluding diaryl/α,β-unsaturated/α-hetero) is 2.